The van der Waals surface area contributed by atoms with Crippen molar-refractivity contribution in [2.45, 2.75) is 25.8 Å². The van der Waals surface area contributed by atoms with Gasteiger partial charge < -0.3 is 15.8 Å². The van der Waals surface area contributed by atoms with Gasteiger partial charge in [0.1, 0.15) is 0 Å². The summed E-state index contributed by atoms with van der Waals surface area (Å²) in [4.78, 5) is 11.0. The average Bonchev–Trinajstić information content (AvgIpc) is 3.22. The summed E-state index contributed by atoms with van der Waals surface area (Å²) in [5.41, 5.74) is 6.89. The zero-order valence-electron chi connectivity index (χ0n) is 11.2. The van der Waals surface area contributed by atoms with Crippen LogP contribution in [-0.4, -0.2) is 25.7 Å². The molecule has 104 valence electrons. The molecular weight excluding hydrogens is 240 g/mol. The van der Waals surface area contributed by atoms with Crippen molar-refractivity contribution in [3.63, 3.8) is 0 Å². The predicted octanol–water partition coefficient (Wildman–Crippen LogP) is 1.69. The molecule has 0 saturated heterocycles. The number of carbonyl (C=O) groups excluding carboxylic acids is 1. The van der Waals surface area contributed by atoms with Crippen molar-refractivity contribution in [3.05, 3.63) is 35.4 Å². The molecule has 0 bridgehead atoms. The third-order valence-electron chi connectivity index (χ3n) is 3.23. The lowest BCUT2D eigenvalue weighted by Gasteiger charge is -2.06. The fraction of sp³-hybridized carbons (Fsp3) is 0.533. The van der Waals surface area contributed by atoms with Crippen LogP contribution in [0.5, 0.6) is 0 Å². The molecule has 1 fully saturated rings. The van der Waals surface area contributed by atoms with Gasteiger partial charge in [-0.25, -0.2) is 0 Å². The molecule has 0 unspecified atom stereocenters. The van der Waals surface area contributed by atoms with Crippen molar-refractivity contribution in [1.82, 2.24) is 5.32 Å². The minimum Gasteiger partial charge on any atom is -0.381 e. The first-order valence-electron chi connectivity index (χ1n) is 6.93. The van der Waals surface area contributed by atoms with E-state index in [1.54, 1.807) is 6.07 Å². The summed E-state index contributed by atoms with van der Waals surface area (Å²) < 4.78 is 5.56. The van der Waals surface area contributed by atoms with Crippen molar-refractivity contribution in [2.24, 2.45) is 11.7 Å². The molecule has 2 rings (SSSR count). The van der Waals surface area contributed by atoms with Crippen LogP contribution in [0.4, 0.5) is 0 Å². The number of hydrogen-bond donors (Lipinski definition) is 2. The summed E-state index contributed by atoms with van der Waals surface area (Å²) in [5, 5.41) is 3.34. The molecule has 0 aliphatic heterocycles. The Morgan fingerprint density at radius 1 is 1.42 bits per heavy atom. The first-order valence-corrected chi connectivity index (χ1v) is 6.93. The first-order chi connectivity index (χ1) is 9.25. The number of ether oxygens (including phenoxy) is 1. The molecule has 1 aromatic rings. The van der Waals surface area contributed by atoms with Gasteiger partial charge in [0.25, 0.3) is 0 Å². The highest BCUT2D eigenvalue weighted by molar-refractivity contribution is 5.92. The highest BCUT2D eigenvalue weighted by Crippen LogP contribution is 2.28. The van der Waals surface area contributed by atoms with Gasteiger partial charge in [0.15, 0.2) is 0 Å². The molecule has 19 heavy (non-hydrogen) atoms. The van der Waals surface area contributed by atoms with Gasteiger partial charge >= 0.3 is 0 Å². The molecule has 1 aliphatic rings. The second-order valence-electron chi connectivity index (χ2n) is 5.11. The maximum Gasteiger partial charge on any atom is 0.248 e. The molecule has 1 amide bonds. The third-order valence-corrected chi connectivity index (χ3v) is 3.23. The van der Waals surface area contributed by atoms with Crippen LogP contribution >= 0.6 is 0 Å². The van der Waals surface area contributed by atoms with Crippen molar-refractivity contribution in [1.29, 1.82) is 0 Å². The summed E-state index contributed by atoms with van der Waals surface area (Å²) in [6.07, 6.45) is 3.70. The Balaban J connectivity index is 1.56. The summed E-state index contributed by atoms with van der Waals surface area (Å²) in [5.74, 6) is 0.458. The second-order valence-corrected chi connectivity index (χ2v) is 5.11. The molecule has 0 heterocycles. The Kier molecular flexibility index (Phi) is 5.36. The van der Waals surface area contributed by atoms with E-state index in [0.717, 1.165) is 44.2 Å². The second kappa shape index (κ2) is 7.26. The van der Waals surface area contributed by atoms with Crippen LogP contribution in [0.1, 0.15) is 35.2 Å². The number of benzene rings is 1. The van der Waals surface area contributed by atoms with Gasteiger partial charge in [-0.05, 0) is 49.4 Å². The minimum atomic E-state index is -0.379. The summed E-state index contributed by atoms with van der Waals surface area (Å²) >= 11 is 0. The van der Waals surface area contributed by atoms with E-state index in [0.29, 0.717) is 5.56 Å². The Hall–Kier alpha value is -1.39. The molecule has 0 aromatic heterocycles. The molecule has 4 nitrogen and oxygen atoms in total. The van der Waals surface area contributed by atoms with Gasteiger partial charge in [0, 0.05) is 25.3 Å². The van der Waals surface area contributed by atoms with Gasteiger partial charge in [0.2, 0.25) is 5.91 Å². The lowest BCUT2D eigenvalue weighted by molar-refractivity contribution is 0.1000. The number of nitrogens with one attached hydrogen (secondary N) is 1. The van der Waals surface area contributed by atoms with Crippen molar-refractivity contribution in [2.75, 3.05) is 19.8 Å². The topological polar surface area (TPSA) is 64.4 Å². The number of hydrogen-bond acceptors (Lipinski definition) is 3. The van der Waals surface area contributed by atoms with E-state index in [2.05, 4.69) is 5.32 Å². The molecule has 1 aromatic carbocycles. The Morgan fingerprint density at radius 3 is 3.00 bits per heavy atom. The molecule has 4 heteroatoms. The van der Waals surface area contributed by atoms with E-state index < -0.39 is 0 Å². The smallest absolute Gasteiger partial charge is 0.248 e. The summed E-state index contributed by atoms with van der Waals surface area (Å²) in [6.45, 7) is 3.43. The van der Waals surface area contributed by atoms with Crippen LogP contribution in [0, 0.1) is 5.92 Å². The molecule has 1 saturated carbocycles. The van der Waals surface area contributed by atoms with Crippen LogP contribution < -0.4 is 11.1 Å². The molecule has 0 spiro atoms. The van der Waals surface area contributed by atoms with Crippen LogP contribution in [-0.2, 0) is 11.3 Å². The quantitative estimate of drug-likeness (QED) is 0.666. The average molecular weight is 262 g/mol. The standard InChI is InChI=1S/C15H22N2O2/c16-15(18)14-4-1-3-13(9-14)10-17-7-2-8-19-11-12-5-6-12/h1,3-4,9,12,17H,2,5-8,10-11H2,(H2,16,18). The lowest BCUT2D eigenvalue weighted by atomic mass is 10.1. The van der Waals surface area contributed by atoms with Crippen molar-refractivity contribution in [3.8, 4) is 0 Å². The number of rotatable bonds is 9. The fourth-order valence-electron chi connectivity index (χ4n) is 1.90. The molecular formula is C15H22N2O2. The third kappa shape index (κ3) is 5.41. The highest BCUT2D eigenvalue weighted by Gasteiger charge is 2.20. The van der Waals surface area contributed by atoms with E-state index in [9.17, 15) is 4.79 Å². The molecule has 0 radical (unpaired) electrons. The van der Waals surface area contributed by atoms with Gasteiger partial charge in [0.05, 0.1) is 0 Å². The zero-order chi connectivity index (χ0) is 13.5. The van der Waals surface area contributed by atoms with Crippen LogP contribution in [0.25, 0.3) is 0 Å². The van der Waals surface area contributed by atoms with E-state index in [1.807, 2.05) is 18.2 Å². The lowest BCUT2D eigenvalue weighted by Crippen LogP contribution is -2.17. The molecule has 0 atom stereocenters. The van der Waals surface area contributed by atoms with Crippen molar-refractivity contribution >= 4 is 5.91 Å². The number of nitrogens with two attached hydrogens (primary N) is 1. The maximum atomic E-state index is 11.0. The summed E-state index contributed by atoms with van der Waals surface area (Å²) in [6, 6.07) is 7.41. The zero-order valence-corrected chi connectivity index (χ0v) is 11.2. The van der Waals surface area contributed by atoms with Crippen LogP contribution in [0.3, 0.4) is 0 Å². The number of amides is 1. The summed E-state index contributed by atoms with van der Waals surface area (Å²) in [7, 11) is 0. The number of carbonyl (C=O) groups is 1. The van der Waals surface area contributed by atoms with E-state index in [-0.39, 0.29) is 5.91 Å². The van der Waals surface area contributed by atoms with E-state index in [1.165, 1.54) is 12.8 Å². The SMILES string of the molecule is NC(=O)c1cccc(CNCCCOCC2CC2)c1. The Bertz CT molecular complexity index is 416. The van der Waals surface area contributed by atoms with E-state index in [4.69, 9.17) is 10.5 Å². The largest absolute Gasteiger partial charge is 0.381 e. The van der Waals surface area contributed by atoms with Crippen molar-refractivity contribution < 1.29 is 9.53 Å². The predicted molar refractivity (Wildman–Crippen MR) is 74.8 cm³/mol. The number of primary amides is 1. The van der Waals surface area contributed by atoms with Gasteiger partial charge in [-0.2, -0.15) is 0 Å². The normalized spacial score (nSPS) is 14.5. The van der Waals surface area contributed by atoms with Crippen LogP contribution in [0.15, 0.2) is 24.3 Å². The highest BCUT2D eigenvalue weighted by atomic mass is 16.5. The Morgan fingerprint density at radius 2 is 2.26 bits per heavy atom. The van der Waals surface area contributed by atoms with Gasteiger partial charge in [-0.3, -0.25) is 4.79 Å². The minimum absolute atomic E-state index is 0.379. The first kappa shape index (κ1) is 14.0. The van der Waals surface area contributed by atoms with Gasteiger partial charge in [-0.15, -0.1) is 0 Å². The molecule has 1 aliphatic carbocycles. The fourth-order valence-corrected chi connectivity index (χ4v) is 1.90. The van der Waals surface area contributed by atoms with Gasteiger partial charge in [-0.1, -0.05) is 12.1 Å². The molecule has 3 N–H and O–H groups in total. The maximum absolute atomic E-state index is 11.0. The Labute approximate surface area is 114 Å². The van der Waals surface area contributed by atoms with Crippen LogP contribution in [0.2, 0.25) is 0 Å². The van der Waals surface area contributed by atoms with E-state index >= 15 is 0 Å². The monoisotopic (exact) mass is 262 g/mol.